The second kappa shape index (κ2) is 7.26. The van der Waals surface area contributed by atoms with E-state index in [1.807, 2.05) is 12.3 Å². The fraction of sp³-hybridized carbons (Fsp3) is 0.364. The van der Waals surface area contributed by atoms with Gasteiger partial charge in [0.2, 0.25) is 0 Å². The number of hydrogen-bond acceptors (Lipinski definition) is 3. The normalized spacial score (nSPS) is 15.9. The van der Waals surface area contributed by atoms with Crippen molar-refractivity contribution in [3.05, 3.63) is 30.3 Å². The highest BCUT2D eigenvalue weighted by Gasteiger charge is 2.25. The second-order valence-corrected chi connectivity index (χ2v) is 8.21. The van der Waals surface area contributed by atoms with Gasteiger partial charge in [0.25, 0.3) is 0 Å². The van der Waals surface area contributed by atoms with E-state index in [0.29, 0.717) is 17.5 Å². The molecule has 0 radical (unpaired) electrons. The van der Waals surface area contributed by atoms with Crippen molar-refractivity contribution in [3.8, 4) is 0 Å². The lowest BCUT2D eigenvalue weighted by Gasteiger charge is -2.22. The number of thioether (sulfide) groups is 1. The molecule has 0 aliphatic rings. The number of carboxylic acids is 1. The fourth-order valence-electron chi connectivity index (χ4n) is 1.39. The molecule has 0 spiro atoms. The fourth-order valence-corrected chi connectivity index (χ4v) is 4.00. The zero-order valence-corrected chi connectivity index (χ0v) is 12.5. The van der Waals surface area contributed by atoms with Crippen LogP contribution in [0.25, 0.3) is 0 Å². The molecule has 0 saturated heterocycles. The molecule has 0 saturated carbocycles. The van der Waals surface area contributed by atoms with Gasteiger partial charge in [0.15, 0.2) is 6.42 Å². The van der Waals surface area contributed by atoms with E-state index in [9.17, 15) is 9.69 Å². The van der Waals surface area contributed by atoms with Crippen molar-refractivity contribution < 1.29 is 14.8 Å². The summed E-state index contributed by atoms with van der Waals surface area (Å²) in [6, 6.07) is 7.97. The van der Waals surface area contributed by atoms with Crippen LogP contribution in [0.5, 0.6) is 0 Å². The largest absolute Gasteiger partial charge is 0.480 e. The summed E-state index contributed by atoms with van der Waals surface area (Å²) in [7, 11) is 0. The third-order valence-electron chi connectivity index (χ3n) is 2.35. The Balaban J connectivity index is 2.79. The van der Waals surface area contributed by atoms with Crippen LogP contribution < -0.4 is 10.4 Å². The minimum absolute atomic E-state index is 0.433. The Kier molecular flexibility index (Phi) is 6.32. The van der Waals surface area contributed by atoms with Gasteiger partial charge in [-0.25, -0.2) is 0 Å². The zero-order valence-electron chi connectivity index (χ0n) is 9.94. The molecular formula is C11H16NO3PS2. The van der Waals surface area contributed by atoms with Gasteiger partial charge < -0.3 is 10.00 Å². The lowest BCUT2D eigenvalue weighted by Crippen LogP contribution is -2.37. The Bertz CT molecular complexity index is 441. The number of benzene rings is 1. The van der Waals surface area contributed by atoms with Crippen LogP contribution in [0, 0.1) is 0 Å². The summed E-state index contributed by atoms with van der Waals surface area (Å²) < 4.78 is 0. The van der Waals surface area contributed by atoms with Gasteiger partial charge in [-0.05, 0) is 30.2 Å². The van der Waals surface area contributed by atoms with E-state index in [1.54, 1.807) is 36.0 Å². The highest BCUT2D eigenvalue weighted by Crippen LogP contribution is 2.35. The first-order valence-corrected chi connectivity index (χ1v) is 9.50. The average Bonchev–Trinajstić information content (AvgIpc) is 2.35. The number of hydrogen-bond donors (Lipinski definition) is 3. The number of aliphatic carboxylic acids is 1. The first-order chi connectivity index (χ1) is 8.47. The summed E-state index contributed by atoms with van der Waals surface area (Å²) in [6.07, 6.45) is -0.661. The van der Waals surface area contributed by atoms with E-state index in [4.69, 9.17) is 16.9 Å². The summed E-state index contributed by atoms with van der Waals surface area (Å²) in [5, 5.41) is 12.4. The van der Waals surface area contributed by atoms with Crippen LogP contribution in [-0.2, 0) is 16.6 Å². The summed E-state index contributed by atoms with van der Waals surface area (Å²) in [5.74, 6) is -0.281. The van der Waals surface area contributed by atoms with Gasteiger partial charge in [-0.3, -0.25) is 9.88 Å². The van der Waals surface area contributed by atoms with Crippen LogP contribution in [0.4, 0.5) is 0 Å². The third-order valence-corrected chi connectivity index (χ3v) is 5.60. The number of rotatable bonds is 7. The van der Waals surface area contributed by atoms with Gasteiger partial charge in [0, 0.05) is 5.30 Å². The Morgan fingerprint density at radius 1 is 1.50 bits per heavy atom. The van der Waals surface area contributed by atoms with Gasteiger partial charge >= 0.3 is 5.97 Å². The molecule has 4 nitrogen and oxygen atoms in total. The lowest BCUT2D eigenvalue weighted by atomic mass is 10.2. The first kappa shape index (κ1) is 15.7. The molecule has 1 aromatic rings. The van der Waals surface area contributed by atoms with Crippen molar-refractivity contribution in [2.75, 3.05) is 12.0 Å². The van der Waals surface area contributed by atoms with Crippen molar-refractivity contribution in [1.82, 2.24) is 5.09 Å². The predicted molar refractivity (Wildman–Crippen MR) is 80.1 cm³/mol. The van der Waals surface area contributed by atoms with Crippen LogP contribution in [0.15, 0.2) is 30.3 Å². The van der Waals surface area contributed by atoms with Crippen LogP contribution in [0.3, 0.4) is 0 Å². The molecule has 2 atom stereocenters. The maximum Gasteiger partial charge on any atom is 0.321 e. The molecule has 0 aliphatic carbocycles. The molecule has 0 bridgehead atoms. The maximum atomic E-state index is 11.1. The molecule has 0 fully saturated rings. The molecule has 100 valence electrons. The molecule has 1 unspecified atom stereocenters. The van der Waals surface area contributed by atoms with Crippen LogP contribution in [-0.4, -0.2) is 34.0 Å². The van der Waals surface area contributed by atoms with Crippen molar-refractivity contribution in [1.29, 1.82) is 0 Å². The lowest BCUT2D eigenvalue weighted by molar-refractivity contribution is -0.139. The second-order valence-electron chi connectivity index (χ2n) is 3.71. The van der Waals surface area contributed by atoms with Crippen LogP contribution >= 0.6 is 18.2 Å². The predicted octanol–water partition coefficient (Wildman–Crippen LogP) is 1.41. The van der Waals surface area contributed by atoms with Gasteiger partial charge in [0.05, 0.1) is 0 Å². The van der Waals surface area contributed by atoms with Gasteiger partial charge in [-0.15, -0.1) is 0 Å². The molecule has 0 aromatic heterocycles. The summed E-state index contributed by atoms with van der Waals surface area (Å²) >= 11 is 6.70. The van der Waals surface area contributed by atoms with Crippen LogP contribution in [0.1, 0.15) is 6.42 Å². The topological polar surface area (TPSA) is 69.6 Å². The molecule has 0 aliphatic heterocycles. The highest BCUT2D eigenvalue weighted by atomic mass is 32.4. The molecule has 18 heavy (non-hydrogen) atoms. The van der Waals surface area contributed by atoms with Gasteiger partial charge in [-0.2, -0.15) is 11.8 Å². The van der Waals surface area contributed by atoms with Crippen molar-refractivity contribution in [2.45, 2.75) is 12.5 Å². The Labute approximate surface area is 116 Å². The molecule has 1 aromatic carbocycles. The first-order valence-electron chi connectivity index (χ1n) is 5.35. The highest BCUT2D eigenvalue weighted by molar-refractivity contribution is 8.14. The third kappa shape index (κ3) is 4.71. The zero-order chi connectivity index (χ0) is 13.6. The quantitative estimate of drug-likeness (QED) is 0.662. The van der Waals surface area contributed by atoms with E-state index in [-0.39, 0.29) is 0 Å². The minimum atomic E-state index is -3.00. The number of carbonyl (C=O) groups is 1. The molecule has 0 heterocycles. The van der Waals surface area contributed by atoms with Crippen molar-refractivity contribution in [3.63, 3.8) is 0 Å². The van der Waals surface area contributed by atoms with E-state index in [0.717, 1.165) is 0 Å². The molecule has 3 N–H and O–H groups in total. The minimum Gasteiger partial charge on any atom is -0.480 e. The van der Waals surface area contributed by atoms with Gasteiger partial charge in [-0.1, -0.05) is 30.3 Å². The SMILES string of the molecule is CSCC[C@H](NP(O)(=S)c1ccccc1)C(=O)O. The average molecular weight is 305 g/mol. The van der Waals surface area contributed by atoms with Crippen molar-refractivity contribution >= 4 is 41.3 Å². The maximum absolute atomic E-state index is 11.1. The smallest absolute Gasteiger partial charge is 0.321 e. The summed E-state index contributed by atoms with van der Waals surface area (Å²) in [4.78, 5) is 21.4. The summed E-state index contributed by atoms with van der Waals surface area (Å²) in [6.45, 7) is 0. The van der Waals surface area contributed by atoms with E-state index < -0.39 is 18.4 Å². The van der Waals surface area contributed by atoms with Crippen LogP contribution in [0.2, 0.25) is 0 Å². The van der Waals surface area contributed by atoms with E-state index in [2.05, 4.69) is 5.09 Å². The molecule has 1 rings (SSSR count). The van der Waals surface area contributed by atoms with Crippen molar-refractivity contribution in [2.24, 2.45) is 0 Å². The summed E-state index contributed by atoms with van der Waals surface area (Å²) in [5.41, 5.74) is 0. The number of nitrogens with one attached hydrogen (secondary N) is 1. The number of carboxylic acid groups (broad SMARTS) is 1. The Morgan fingerprint density at radius 2 is 2.11 bits per heavy atom. The van der Waals surface area contributed by atoms with E-state index >= 15 is 0 Å². The molecule has 0 amide bonds. The van der Waals surface area contributed by atoms with Gasteiger partial charge in [0.1, 0.15) is 6.04 Å². The monoisotopic (exact) mass is 305 g/mol. The Morgan fingerprint density at radius 3 is 2.61 bits per heavy atom. The Hall–Kier alpha value is -0.390. The standard InChI is InChI=1S/C11H16NO3PS2/c1-18-8-7-10(11(13)14)12-16(15,17)9-5-3-2-4-6-9/h2-6,10H,7-8H2,1H3,(H,13,14)(H2,12,15,17)/t10-,16?/m0/s1. The van der Waals surface area contributed by atoms with E-state index in [1.165, 1.54) is 0 Å². The molecular weight excluding hydrogens is 289 g/mol. The molecule has 7 heteroatoms.